The number of anilines is 3. The van der Waals surface area contributed by atoms with E-state index >= 15 is 0 Å². The van der Waals surface area contributed by atoms with Gasteiger partial charge in [-0.1, -0.05) is 30.0 Å². The second-order valence-corrected chi connectivity index (χ2v) is 10.6. The fourth-order valence-corrected chi connectivity index (χ4v) is 5.09. The number of piperazine rings is 1. The molecule has 0 spiro atoms. The lowest BCUT2D eigenvalue weighted by Gasteiger charge is -2.35. The third-order valence-electron chi connectivity index (χ3n) is 6.42. The van der Waals surface area contributed by atoms with E-state index in [-0.39, 0.29) is 11.8 Å². The predicted molar refractivity (Wildman–Crippen MR) is 142 cm³/mol. The maximum absolute atomic E-state index is 12.4. The van der Waals surface area contributed by atoms with Crippen molar-refractivity contribution in [1.29, 1.82) is 0 Å². The summed E-state index contributed by atoms with van der Waals surface area (Å²) in [6.45, 7) is 9.64. The van der Waals surface area contributed by atoms with Gasteiger partial charge in [-0.05, 0) is 49.6 Å². The van der Waals surface area contributed by atoms with Gasteiger partial charge in [0.05, 0.1) is 5.69 Å². The molecule has 3 heterocycles. The molecular weight excluding hydrogens is 472 g/mol. The quantitative estimate of drug-likeness (QED) is 0.456. The molecule has 1 aromatic carbocycles. The molecule has 2 aliphatic rings. The van der Waals surface area contributed by atoms with Crippen LogP contribution in [-0.4, -0.2) is 52.8 Å². The summed E-state index contributed by atoms with van der Waals surface area (Å²) >= 11 is 1.64. The van der Waals surface area contributed by atoms with Crippen LogP contribution in [0.4, 0.5) is 16.6 Å². The molecule has 9 heteroatoms. The van der Waals surface area contributed by atoms with E-state index in [9.17, 15) is 9.59 Å². The van der Waals surface area contributed by atoms with Gasteiger partial charge in [0.1, 0.15) is 6.20 Å². The van der Waals surface area contributed by atoms with E-state index in [1.54, 1.807) is 11.3 Å². The van der Waals surface area contributed by atoms with Crippen LogP contribution in [0.1, 0.15) is 23.3 Å². The number of pyridine rings is 1. The Morgan fingerprint density at radius 1 is 1.19 bits per heavy atom. The Kier molecular flexibility index (Phi) is 7.11. The van der Waals surface area contributed by atoms with Gasteiger partial charge in [0.2, 0.25) is 17.6 Å². The summed E-state index contributed by atoms with van der Waals surface area (Å²) in [5.74, 6) is 1.11. The predicted octanol–water partition coefficient (Wildman–Crippen LogP) is 3.85. The van der Waals surface area contributed by atoms with E-state index in [1.807, 2.05) is 35.4 Å². The summed E-state index contributed by atoms with van der Waals surface area (Å²) in [5, 5.41) is 7.15. The average Bonchev–Trinajstić information content (AvgIpc) is 3.66. The molecule has 0 unspecified atom stereocenters. The van der Waals surface area contributed by atoms with E-state index in [0.29, 0.717) is 11.6 Å². The third kappa shape index (κ3) is 5.98. The molecule has 2 aromatic heterocycles. The molecule has 3 N–H and O–H groups in total. The number of aromatic amines is 1. The number of nitrogens with one attached hydrogen (secondary N) is 3. The molecule has 3 aromatic rings. The maximum atomic E-state index is 12.4. The average molecular weight is 504 g/mol. The van der Waals surface area contributed by atoms with Crippen molar-refractivity contribution >= 4 is 39.8 Å². The van der Waals surface area contributed by atoms with Gasteiger partial charge >= 0.3 is 5.13 Å². The molecule has 186 valence electrons. The summed E-state index contributed by atoms with van der Waals surface area (Å²) in [4.78, 5) is 37.9. The van der Waals surface area contributed by atoms with E-state index in [4.69, 9.17) is 4.98 Å². The van der Waals surface area contributed by atoms with Crippen LogP contribution >= 0.6 is 11.3 Å². The second-order valence-electron chi connectivity index (χ2n) is 9.35. The van der Waals surface area contributed by atoms with Crippen molar-refractivity contribution in [3.63, 3.8) is 0 Å². The minimum absolute atomic E-state index is 0.251. The Bertz CT molecular complexity index is 1280. The first-order valence-corrected chi connectivity index (χ1v) is 13.1. The van der Waals surface area contributed by atoms with Crippen molar-refractivity contribution < 1.29 is 14.6 Å². The van der Waals surface area contributed by atoms with Crippen molar-refractivity contribution in [3.05, 3.63) is 65.7 Å². The number of nitrogens with zero attached hydrogens (tertiary/aromatic N) is 3. The van der Waals surface area contributed by atoms with Crippen LogP contribution in [0.15, 0.2) is 55.3 Å². The van der Waals surface area contributed by atoms with E-state index in [1.165, 1.54) is 11.0 Å². The van der Waals surface area contributed by atoms with Gasteiger partial charge in [0, 0.05) is 60.8 Å². The van der Waals surface area contributed by atoms with Gasteiger partial charge in [0.25, 0.3) is 0 Å². The highest BCUT2D eigenvalue weighted by molar-refractivity contribution is 7.15. The molecule has 0 radical (unpaired) electrons. The van der Waals surface area contributed by atoms with E-state index < -0.39 is 0 Å². The number of aromatic nitrogens is 2. The Morgan fingerprint density at radius 2 is 2.00 bits per heavy atom. The fourth-order valence-electron chi connectivity index (χ4n) is 4.38. The van der Waals surface area contributed by atoms with Crippen LogP contribution in [0.2, 0.25) is 0 Å². The Morgan fingerprint density at radius 3 is 2.69 bits per heavy atom. The smallest absolute Gasteiger partial charge is 0.338 e. The zero-order chi connectivity index (χ0) is 25.1. The summed E-state index contributed by atoms with van der Waals surface area (Å²) in [6.07, 6.45) is 5.32. The minimum Gasteiger partial charge on any atom is -0.340 e. The van der Waals surface area contributed by atoms with Crippen molar-refractivity contribution in [1.82, 2.24) is 14.8 Å². The van der Waals surface area contributed by atoms with Gasteiger partial charge in [-0.2, -0.15) is 0 Å². The molecule has 1 saturated carbocycles. The lowest BCUT2D eigenvalue weighted by atomic mass is 10.1. The number of carbonyl (C=O) groups excluding carboxylic acids is 2. The highest BCUT2D eigenvalue weighted by Gasteiger charge is 2.34. The Labute approximate surface area is 215 Å². The zero-order valence-corrected chi connectivity index (χ0v) is 21.2. The lowest BCUT2D eigenvalue weighted by Crippen LogP contribution is -2.48. The van der Waals surface area contributed by atoms with Gasteiger partial charge < -0.3 is 10.2 Å². The number of H-pyrrole nitrogens is 1. The first-order chi connectivity index (χ1) is 17.5. The largest absolute Gasteiger partial charge is 0.340 e. The molecule has 36 heavy (non-hydrogen) atoms. The number of hydrogen-bond acceptors (Lipinski definition) is 6. The van der Waals surface area contributed by atoms with Crippen LogP contribution in [0.25, 0.3) is 11.3 Å². The SMILES string of the molecule is C=CC(=O)Nc1cccc(-c2cc(CN3CCN(C(=O)C4CC4)CC3)cc(Nc3[nH+]cc(C)s3)n2)c1. The third-order valence-corrected chi connectivity index (χ3v) is 7.29. The fraction of sp³-hybridized carbons (Fsp3) is 0.333. The van der Waals surface area contributed by atoms with Crippen molar-refractivity contribution in [2.45, 2.75) is 26.3 Å². The first-order valence-electron chi connectivity index (χ1n) is 12.3. The summed E-state index contributed by atoms with van der Waals surface area (Å²) < 4.78 is 0. The molecule has 0 bridgehead atoms. The molecular formula is C27H31N6O2S+. The first kappa shape index (κ1) is 24.1. The van der Waals surface area contributed by atoms with Crippen LogP contribution < -0.4 is 15.6 Å². The standard InChI is InChI=1S/C27H30N6O2S/c1-3-25(34)29-22-6-4-5-21(15-22)23-13-19(14-24(30-23)31-27-28-16-18(2)36-27)17-32-9-11-33(12-10-32)26(35)20-7-8-20/h3-6,13-16,20H,1,7-12,17H2,2H3,(H,29,34)(H,28,30,31)/p+1. The Balaban J connectivity index is 1.37. The van der Waals surface area contributed by atoms with Crippen LogP contribution in [0, 0.1) is 12.8 Å². The van der Waals surface area contributed by atoms with E-state index in [2.05, 4.69) is 46.2 Å². The summed E-state index contributed by atoms with van der Waals surface area (Å²) in [5.41, 5.74) is 3.56. The van der Waals surface area contributed by atoms with Gasteiger partial charge in [0.15, 0.2) is 0 Å². The molecule has 1 aliphatic carbocycles. The number of hydrogen-bond donors (Lipinski definition) is 2. The second kappa shape index (κ2) is 10.6. The van der Waals surface area contributed by atoms with Crippen LogP contribution in [0.5, 0.6) is 0 Å². The highest BCUT2D eigenvalue weighted by atomic mass is 32.1. The molecule has 0 atom stereocenters. The zero-order valence-electron chi connectivity index (χ0n) is 20.4. The molecule has 2 fully saturated rings. The topological polar surface area (TPSA) is 91.7 Å². The van der Waals surface area contributed by atoms with Crippen molar-refractivity contribution in [3.8, 4) is 11.3 Å². The molecule has 8 nitrogen and oxygen atoms in total. The number of benzene rings is 1. The number of rotatable bonds is 8. The number of amides is 2. The normalized spacial score (nSPS) is 16.0. The summed E-state index contributed by atoms with van der Waals surface area (Å²) in [7, 11) is 0. The maximum Gasteiger partial charge on any atom is 0.338 e. The molecule has 2 amide bonds. The lowest BCUT2D eigenvalue weighted by molar-refractivity contribution is -0.354. The van der Waals surface area contributed by atoms with Gasteiger partial charge in [-0.3, -0.25) is 14.5 Å². The van der Waals surface area contributed by atoms with Crippen molar-refractivity contribution in [2.75, 3.05) is 36.8 Å². The molecule has 1 saturated heterocycles. The minimum atomic E-state index is -0.251. The van der Waals surface area contributed by atoms with Gasteiger partial charge in [-0.15, -0.1) is 0 Å². The number of thiazole rings is 1. The monoisotopic (exact) mass is 503 g/mol. The number of carbonyl (C=O) groups is 2. The highest BCUT2D eigenvalue weighted by Crippen LogP contribution is 2.31. The van der Waals surface area contributed by atoms with Crippen LogP contribution in [0.3, 0.4) is 0 Å². The molecule has 1 aliphatic heterocycles. The summed E-state index contributed by atoms with van der Waals surface area (Å²) in [6, 6.07) is 11.8. The van der Waals surface area contributed by atoms with Gasteiger partial charge in [-0.25, -0.2) is 15.3 Å². The van der Waals surface area contributed by atoms with Crippen molar-refractivity contribution in [2.24, 2.45) is 5.92 Å². The Hall–Kier alpha value is -3.56. The number of aryl methyl sites for hydroxylation is 1. The molecule has 5 rings (SSSR count). The van der Waals surface area contributed by atoms with Crippen LogP contribution in [-0.2, 0) is 16.1 Å². The van der Waals surface area contributed by atoms with E-state index in [0.717, 1.165) is 73.3 Å².